The van der Waals surface area contributed by atoms with Gasteiger partial charge in [-0.2, -0.15) is 5.10 Å². The third-order valence-electron chi connectivity index (χ3n) is 7.29. The molecule has 3 aliphatic rings. The molecule has 32 heavy (non-hydrogen) atoms. The molecule has 2 aromatic heterocycles. The van der Waals surface area contributed by atoms with Gasteiger partial charge in [0.15, 0.2) is 5.76 Å². The molecule has 7 nitrogen and oxygen atoms in total. The van der Waals surface area contributed by atoms with Crippen LogP contribution in [0, 0.1) is 0 Å². The molecular weight excluding hydrogens is 404 g/mol. The lowest BCUT2D eigenvalue weighted by Crippen LogP contribution is -2.65. The van der Waals surface area contributed by atoms with Crippen LogP contribution in [0.3, 0.4) is 0 Å². The summed E-state index contributed by atoms with van der Waals surface area (Å²) in [5, 5.41) is 7.86. The van der Waals surface area contributed by atoms with Crippen molar-refractivity contribution in [3.05, 3.63) is 41.8 Å². The third kappa shape index (κ3) is 3.89. The van der Waals surface area contributed by atoms with Crippen LogP contribution in [0.25, 0.3) is 11.5 Å². The van der Waals surface area contributed by atoms with Crippen molar-refractivity contribution in [2.24, 2.45) is 0 Å². The van der Waals surface area contributed by atoms with E-state index in [2.05, 4.69) is 16.5 Å². The molecule has 0 radical (unpaired) electrons. The molecule has 0 saturated heterocycles. The van der Waals surface area contributed by atoms with Gasteiger partial charge in [0.2, 0.25) is 5.91 Å². The van der Waals surface area contributed by atoms with E-state index in [4.69, 9.17) is 4.42 Å². The second kappa shape index (κ2) is 8.60. The smallest absolute Gasteiger partial charge is 0.273 e. The fourth-order valence-corrected chi connectivity index (χ4v) is 5.33. The Kier molecular flexibility index (Phi) is 5.66. The highest BCUT2D eigenvalue weighted by Crippen LogP contribution is 2.32. The maximum Gasteiger partial charge on any atom is 0.273 e. The number of hydrogen-bond acceptors (Lipinski definition) is 4. The van der Waals surface area contributed by atoms with Crippen LogP contribution in [0.5, 0.6) is 0 Å². The molecule has 2 amide bonds. The van der Waals surface area contributed by atoms with Gasteiger partial charge in [-0.15, -0.1) is 0 Å². The molecule has 1 saturated carbocycles. The van der Waals surface area contributed by atoms with Crippen LogP contribution in [0.4, 0.5) is 0 Å². The van der Waals surface area contributed by atoms with E-state index in [-0.39, 0.29) is 17.9 Å². The summed E-state index contributed by atoms with van der Waals surface area (Å²) >= 11 is 0. The first-order valence-corrected chi connectivity index (χ1v) is 12.0. The minimum absolute atomic E-state index is 0.0731. The molecule has 0 aromatic carbocycles. The van der Waals surface area contributed by atoms with Gasteiger partial charge in [-0.1, -0.05) is 24.5 Å². The van der Waals surface area contributed by atoms with E-state index >= 15 is 0 Å². The third-order valence-corrected chi connectivity index (χ3v) is 7.29. The summed E-state index contributed by atoms with van der Waals surface area (Å²) in [6.07, 6.45) is 13.7. The molecular formula is C25H32N4O3. The van der Waals surface area contributed by atoms with Crippen molar-refractivity contribution >= 4 is 11.8 Å². The van der Waals surface area contributed by atoms with Gasteiger partial charge >= 0.3 is 0 Å². The summed E-state index contributed by atoms with van der Waals surface area (Å²) in [5.74, 6) is 0.411. The number of carbonyl (C=O) groups excluding carboxylic acids is 2. The summed E-state index contributed by atoms with van der Waals surface area (Å²) in [6.45, 7) is 2.77. The molecule has 3 heterocycles. The topological polar surface area (TPSA) is 80.4 Å². The van der Waals surface area contributed by atoms with Gasteiger partial charge in [-0.3, -0.25) is 14.3 Å². The Hall–Kier alpha value is -2.83. The Bertz CT molecular complexity index is 1020. The predicted octanol–water partition coefficient (Wildman–Crippen LogP) is 4.31. The molecule has 1 N–H and O–H groups in total. The van der Waals surface area contributed by atoms with Crippen molar-refractivity contribution < 1.29 is 14.0 Å². The standard InChI is InChI=1S/C25H32N4O3/c1-25(24(31)26-19-10-5-6-11-19)17-29-21(16-20(27-29)22-12-7-15-32-22)23(30)28(25)14-13-18-8-3-2-4-9-18/h7-8,12,15-16,19H,2-6,9-11,13-14,17H2,1H3,(H,26,31). The molecule has 0 bridgehead atoms. The fraction of sp³-hybridized carbons (Fsp3) is 0.560. The number of allylic oxidation sites excluding steroid dienone is 1. The Morgan fingerprint density at radius 2 is 2.12 bits per heavy atom. The predicted molar refractivity (Wildman–Crippen MR) is 121 cm³/mol. The summed E-state index contributed by atoms with van der Waals surface area (Å²) in [7, 11) is 0. The number of furan rings is 1. The van der Waals surface area contributed by atoms with Crippen molar-refractivity contribution in [1.29, 1.82) is 0 Å². The highest BCUT2D eigenvalue weighted by Gasteiger charge is 2.48. The van der Waals surface area contributed by atoms with Crippen LogP contribution in [-0.2, 0) is 11.3 Å². The van der Waals surface area contributed by atoms with E-state index in [0.717, 1.165) is 44.9 Å². The maximum absolute atomic E-state index is 13.7. The highest BCUT2D eigenvalue weighted by atomic mass is 16.3. The van der Waals surface area contributed by atoms with Gasteiger partial charge in [0, 0.05) is 18.7 Å². The molecule has 170 valence electrons. The first-order valence-electron chi connectivity index (χ1n) is 12.0. The van der Waals surface area contributed by atoms with Gasteiger partial charge < -0.3 is 14.6 Å². The molecule has 2 aliphatic carbocycles. The van der Waals surface area contributed by atoms with Gasteiger partial charge in [0.1, 0.15) is 16.9 Å². The number of fused-ring (bicyclic) bond motifs is 1. The lowest BCUT2D eigenvalue weighted by molar-refractivity contribution is -0.133. The van der Waals surface area contributed by atoms with Crippen LogP contribution < -0.4 is 5.32 Å². The Morgan fingerprint density at radius 3 is 2.84 bits per heavy atom. The minimum Gasteiger partial charge on any atom is -0.463 e. The lowest BCUT2D eigenvalue weighted by Gasteiger charge is -2.44. The van der Waals surface area contributed by atoms with Gasteiger partial charge in [-0.05, 0) is 64.0 Å². The molecule has 1 aliphatic heterocycles. The number of hydrogen-bond donors (Lipinski definition) is 1. The summed E-state index contributed by atoms with van der Waals surface area (Å²) in [6, 6.07) is 5.62. The minimum atomic E-state index is -0.978. The molecule has 1 unspecified atom stereocenters. The number of aromatic nitrogens is 2. The number of nitrogens with zero attached hydrogens (tertiary/aromatic N) is 3. The van der Waals surface area contributed by atoms with Crippen molar-refractivity contribution in [1.82, 2.24) is 20.0 Å². The zero-order valence-electron chi connectivity index (χ0n) is 18.8. The van der Waals surface area contributed by atoms with Crippen molar-refractivity contribution in [2.45, 2.75) is 82.8 Å². The molecule has 1 atom stereocenters. The quantitative estimate of drug-likeness (QED) is 0.685. The van der Waals surface area contributed by atoms with Crippen LogP contribution in [0.15, 0.2) is 40.5 Å². The zero-order chi connectivity index (χ0) is 22.1. The monoisotopic (exact) mass is 436 g/mol. The largest absolute Gasteiger partial charge is 0.463 e. The van der Waals surface area contributed by atoms with Gasteiger partial charge in [0.25, 0.3) is 5.91 Å². The first kappa shape index (κ1) is 21.0. The van der Waals surface area contributed by atoms with E-state index in [1.54, 1.807) is 28.0 Å². The normalized spacial score (nSPS) is 23.8. The second-order valence-corrected chi connectivity index (χ2v) is 9.59. The van der Waals surface area contributed by atoms with Crippen molar-refractivity contribution in [3.63, 3.8) is 0 Å². The number of amides is 2. The van der Waals surface area contributed by atoms with E-state index in [9.17, 15) is 9.59 Å². The lowest BCUT2D eigenvalue weighted by atomic mass is 9.92. The average molecular weight is 437 g/mol. The molecule has 2 aromatic rings. The zero-order valence-corrected chi connectivity index (χ0v) is 18.8. The van der Waals surface area contributed by atoms with E-state index in [0.29, 0.717) is 30.2 Å². The Labute approximate surface area is 188 Å². The summed E-state index contributed by atoms with van der Waals surface area (Å²) in [5.41, 5.74) is 1.56. The van der Waals surface area contributed by atoms with Crippen LogP contribution in [0.2, 0.25) is 0 Å². The first-order chi connectivity index (χ1) is 15.5. The van der Waals surface area contributed by atoms with Gasteiger partial charge in [-0.25, -0.2) is 0 Å². The second-order valence-electron chi connectivity index (χ2n) is 9.59. The molecule has 5 rings (SSSR count). The van der Waals surface area contributed by atoms with Gasteiger partial charge in [0.05, 0.1) is 12.8 Å². The Balaban J connectivity index is 1.44. The molecule has 0 spiro atoms. The van der Waals surface area contributed by atoms with Crippen molar-refractivity contribution in [2.75, 3.05) is 6.54 Å². The van der Waals surface area contributed by atoms with Crippen LogP contribution in [0.1, 0.15) is 75.2 Å². The SMILES string of the molecule is CC1(C(=O)NC2CCCC2)Cn2nc(-c3ccco3)cc2C(=O)N1CCC1=CCCCC1. The number of carbonyl (C=O) groups is 2. The molecule has 7 heteroatoms. The van der Waals surface area contributed by atoms with E-state index < -0.39 is 5.54 Å². The average Bonchev–Trinajstić information content (AvgIpc) is 3.56. The van der Waals surface area contributed by atoms with Crippen molar-refractivity contribution in [3.8, 4) is 11.5 Å². The Morgan fingerprint density at radius 1 is 1.28 bits per heavy atom. The summed E-state index contributed by atoms with van der Waals surface area (Å²) in [4.78, 5) is 29.0. The maximum atomic E-state index is 13.7. The number of rotatable bonds is 6. The van der Waals surface area contributed by atoms with E-state index in [1.807, 2.05) is 13.0 Å². The highest BCUT2D eigenvalue weighted by molar-refractivity contribution is 6.00. The van der Waals surface area contributed by atoms with Crippen LogP contribution in [-0.4, -0.2) is 44.6 Å². The number of nitrogens with one attached hydrogen (secondary N) is 1. The fourth-order valence-electron chi connectivity index (χ4n) is 5.33. The summed E-state index contributed by atoms with van der Waals surface area (Å²) < 4.78 is 7.17. The van der Waals surface area contributed by atoms with Crippen LogP contribution >= 0.6 is 0 Å². The van der Waals surface area contributed by atoms with E-state index in [1.165, 1.54) is 18.4 Å². The molecule has 1 fully saturated rings.